The minimum atomic E-state index is 0.390. The molecule has 0 spiro atoms. The van der Waals surface area contributed by atoms with Gasteiger partial charge in [0.05, 0.1) is 19.3 Å². The number of nitrogens with zero attached hydrogens (tertiary/aromatic N) is 4. The van der Waals surface area contributed by atoms with E-state index in [-0.39, 0.29) is 0 Å². The highest BCUT2D eigenvalue weighted by Gasteiger charge is 2.16. The van der Waals surface area contributed by atoms with Crippen LogP contribution in [-0.2, 0) is 11.3 Å². The van der Waals surface area contributed by atoms with Gasteiger partial charge in [-0.05, 0) is 10.4 Å². The lowest BCUT2D eigenvalue weighted by molar-refractivity contribution is 0.0135. The second kappa shape index (κ2) is 3.59. The molecule has 1 saturated heterocycles. The zero-order valence-electron chi connectivity index (χ0n) is 6.68. The Labute approximate surface area is 69.9 Å². The topological polar surface area (TPSA) is 64.9 Å². The lowest BCUT2D eigenvalue weighted by Gasteiger charge is -2.26. The van der Waals surface area contributed by atoms with E-state index in [0.717, 1.165) is 19.6 Å². The molecule has 66 valence electrons. The number of tetrazole rings is 1. The number of hydrogen-bond donors (Lipinski definition) is 1. The molecule has 0 amide bonds. The minimum Gasteiger partial charge on any atom is -0.374 e. The smallest absolute Gasteiger partial charge is 0.138 e. The molecule has 0 atom stereocenters. The molecule has 6 heteroatoms. The molecule has 1 fully saturated rings. The van der Waals surface area contributed by atoms with Crippen LogP contribution in [0.4, 0.5) is 0 Å². The van der Waals surface area contributed by atoms with Crippen LogP contribution in [0.15, 0.2) is 6.33 Å². The quantitative estimate of drug-likeness (QED) is 0.604. The van der Waals surface area contributed by atoms with Gasteiger partial charge < -0.3 is 10.1 Å². The first-order valence-electron chi connectivity index (χ1n) is 3.98. The van der Waals surface area contributed by atoms with Crippen LogP contribution >= 0.6 is 0 Å². The molecular weight excluding hydrogens is 158 g/mol. The van der Waals surface area contributed by atoms with Crippen LogP contribution in [0.5, 0.6) is 0 Å². The summed E-state index contributed by atoms with van der Waals surface area (Å²) in [5.74, 6) is 0. The Kier molecular flexibility index (Phi) is 2.28. The number of ether oxygens (including phenoxy) is 1. The summed E-state index contributed by atoms with van der Waals surface area (Å²) in [6.07, 6.45) is 1.98. The standard InChI is InChI=1S/C6H11N5O/c1(11-5-8-9-10-11)2-12-6-3-7-4-6/h5-7H,1-4H2. The van der Waals surface area contributed by atoms with E-state index >= 15 is 0 Å². The molecule has 0 radical (unpaired) electrons. The zero-order valence-corrected chi connectivity index (χ0v) is 6.68. The molecule has 0 saturated carbocycles. The van der Waals surface area contributed by atoms with Gasteiger partial charge in [-0.1, -0.05) is 0 Å². The fourth-order valence-electron chi connectivity index (χ4n) is 0.976. The molecule has 1 aliphatic heterocycles. The molecule has 2 rings (SSSR count). The minimum absolute atomic E-state index is 0.390. The van der Waals surface area contributed by atoms with Crippen LogP contribution in [-0.4, -0.2) is 46.0 Å². The summed E-state index contributed by atoms with van der Waals surface area (Å²) in [6.45, 7) is 3.34. The first-order valence-corrected chi connectivity index (χ1v) is 3.98. The number of hydrogen-bond acceptors (Lipinski definition) is 5. The Balaban J connectivity index is 1.62. The fourth-order valence-corrected chi connectivity index (χ4v) is 0.976. The lowest BCUT2D eigenvalue weighted by atomic mass is 10.2. The van der Waals surface area contributed by atoms with E-state index < -0.39 is 0 Å². The molecule has 1 aromatic heterocycles. The van der Waals surface area contributed by atoms with Crippen LogP contribution in [0.2, 0.25) is 0 Å². The molecule has 1 aliphatic rings. The molecule has 12 heavy (non-hydrogen) atoms. The van der Waals surface area contributed by atoms with Gasteiger partial charge in [0.1, 0.15) is 6.33 Å². The Bertz CT molecular complexity index is 220. The van der Waals surface area contributed by atoms with Crippen molar-refractivity contribution < 1.29 is 4.74 Å². The molecule has 0 aromatic carbocycles. The van der Waals surface area contributed by atoms with E-state index in [1.807, 2.05) is 0 Å². The van der Waals surface area contributed by atoms with Crippen LogP contribution in [0, 0.1) is 0 Å². The number of nitrogens with one attached hydrogen (secondary N) is 1. The Morgan fingerprint density at radius 1 is 1.58 bits per heavy atom. The van der Waals surface area contributed by atoms with Crippen LogP contribution in [0.25, 0.3) is 0 Å². The predicted octanol–water partition coefficient (Wildman–Crippen LogP) is -1.34. The molecule has 1 aromatic rings. The van der Waals surface area contributed by atoms with Crippen molar-refractivity contribution in [2.45, 2.75) is 12.6 Å². The van der Waals surface area contributed by atoms with Crippen molar-refractivity contribution >= 4 is 0 Å². The maximum Gasteiger partial charge on any atom is 0.138 e. The SMILES string of the molecule is c1nnnn1CCOC1CNC1. The van der Waals surface area contributed by atoms with E-state index in [2.05, 4.69) is 20.8 Å². The van der Waals surface area contributed by atoms with Gasteiger partial charge in [0, 0.05) is 13.1 Å². The third kappa shape index (κ3) is 1.77. The summed E-state index contributed by atoms with van der Waals surface area (Å²) in [5.41, 5.74) is 0. The number of aromatic nitrogens is 4. The third-order valence-electron chi connectivity index (χ3n) is 1.81. The Morgan fingerprint density at radius 2 is 2.50 bits per heavy atom. The van der Waals surface area contributed by atoms with Crippen molar-refractivity contribution in [3.05, 3.63) is 6.33 Å². The van der Waals surface area contributed by atoms with Crippen molar-refractivity contribution in [3.8, 4) is 0 Å². The van der Waals surface area contributed by atoms with Gasteiger partial charge in [-0.2, -0.15) is 0 Å². The van der Waals surface area contributed by atoms with Crippen molar-refractivity contribution in [3.63, 3.8) is 0 Å². The first-order chi connectivity index (χ1) is 5.95. The molecule has 1 N–H and O–H groups in total. The molecule has 0 unspecified atom stereocenters. The zero-order chi connectivity index (χ0) is 8.23. The van der Waals surface area contributed by atoms with Crippen molar-refractivity contribution in [1.29, 1.82) is 0 Å². The van der Waals surface area contributed by atoms with Gasteiger partial charge in [-0.15, -0.1) is 5.10 Å². The van der Waals surface area contributed by atoms with E-state index in [1.165, 1.54) is 0 Å². The van der Waals surface area contributed by atoms with Crippen molar-refractivity contribution in [1.82, 2.24) is 25.5 Å². The lowest BCUT2D eigenvalue weighted by Crippen LogP contribution is -2.48. The van der Waals surface area contributed by atoms with Gasteiger partial charge in [0.15, 0.2) is 0 Å². The van der Waals surface area contributed by atoms with Gasteiger partial charge in [0.2, 0.25) is 0 Å². The second-order valence-electron chi connectivity index (χ2n) is 2.72. The second-order valence-corrected chi connectivity index (χ2v) is 2.72. The average molecular weight is 169 g/mol. The maximum atomic E-state index is 5.47. The van der Waals surface area contributed by atoms with Crippen LogP contribution in [0.3, 0.4) is 0 Å². The van der Waals surface area contributed by atoms with E-state index in [0.29, 0.717) is 12.7 Å². The van der Waals surface area contributed by atoms with E-state index in [1.54, 1.807) is 11.0 Å². The molecule has 0 bridgehead atoms. The molecule has 6 nitrogen and oxygen atoms in total. The average Bonchev–Trinajstić information content (AvgIpc) is 2.46. The molecule has 2 heterocycles. The summed E-state index contributed by atoms with van der Waals surface area (Å²) < 4.78 is 7.13. The normalized spacial score (nSPS) is 17.7. The Morgan fingerprint density at radius 3 is 3.08 bits per heavy atom. The van der Waals surface area contributed by atoms with Crippen LogP contribution < -0.4 is 5.32 Å². The van der Waals surface area contributed by atoms with E-state index in [9.17, 15) is 0 Å². The summed E-state index contributed by atoms with van der Waals surface area (Å²) in [7, 11) is 0. The molecule has 0 aliphatic carbocycles. The third-order valence-corrected chi connectivity index (χ3v) is 1.81. The fraction of sp³-hybridized carbons (Fsp3) is 0.833. The highest BCUT2D eigenvalue weighted by atomic mass is 16.5. The summed E-state index contributed by atoms with van der Waals surface area (Å²) >= 11 is 0. The summed E-state index contributed by atoms with van der Waals surface area (Å²) in [4.78, 5) is 0. The maximum absolute atomic E-state index is 5.47. The predicted molar refractivity (Wildman–Crippen MR) is 40.4 cm³/mol. The highest BCUT2D eigenvalue weighted by molar-refractivity contribution is 4.74. The first kappa shape index (κ1) is 7.63. The largest absolute Gasteiger partial charge is 0.374 e. The number of rotatable bonds is 4. The van der Waals surface area contributed by atoms with E-state index in [4.69, 9.17) is 4.74 Å². The van der Waals surface area contributed by atoms with Gasteiger partial charge in [-0.3, -0.25) is 0 Å². The van der Waals surface area contributed by atoms with Gasteiger partial charge in [0.25, 0.3) is 0 Å². The Hall–Kier alpha value is -1.01. The van der Waals surface area contributed by atoms with Crippen molar-refractivity contribution in [2.75, 3.05) is 19.7 Å². The van der Waals surface area contributed by atoms with Gasteiger partial charge >= 0.3 is 0 Å². The van der Waals surface area contributed by atoms with Crippen molar-refractivity contribution in [2.24, 2.45) is 0 Å². The van der Waals surface area contributed by atoms with Gasteiger partial charge in [-0.25, -0.2) is 4.68 Å². The summed E-state index contributed by atoms with van der Waals surface area (Å²) in [6, 6.07) is 0. The summed E-state index contributed by atoms with van der Waals surface area (Å²) in [5, 5.41) is 13.9. The monoisotopic (exact) mass is 169 g/mol. The van der Waals surface area contributed by atoms with Crippen LogP contribution in [0.1, 0.15) is 0 Å². The molecular formula is C6H11N5O. The highest BCUT2D eigenvalue weighted by Crippen LogP contribution is 1.97.